The van der Waals surface area contributed by atoms with Crippen LogP contribution in [0.1, 0.15) is 39.7 Å². The van der Waals surface area contributed by atoms with Crippen molar-refractivity contribution >= 4 is 11.6 Å². The maximum absolute atomic E-state index is 13.2. The highest BCUT2D eigenvalue weighted by atomic mass is 19.4. The Morgan fingerprint density at radius 3 is 2.33 bits per heavy atom. The number of hydrogen-bond donors (Lipinski definition) is 1. The average molecular weight is 434 g/mol. The number of fused-ring (bicyclic) bond motifs is 1. The van der Waals surface area contributed by atoms with Crippen LogP contribution in [0.3, 0.4) is 0 Å². The van der Waals surface area contributed by atoms with E-state index in [2.05, 4.69) is 20.5 Å². The van der Waals surface area contributed by atoms with E-state index in [-0.39, 0.29) is 36.5 Å². The monoisotopic (exact) mass is 434 g/mol. The number of aromatic nitrogens is 5. The molecule has 3 aromatic heterocycles. The molecule has 0 fully saturated rings. The largest absolute Gasteiger partial charge is 0.435 e. The van der Waals surface area contributed by atoms with Gasteiger partial charge in [-0.25, -0.2) is 9.50 Å². The summed E-state index contributed by atoms with van der Waals surface area (Å²) in [5.74, 6) is -0.723. The van der Waals surface area contributed by atoms with Crippen LogP contribution in [-0.2, 0) is 18.9 Å². The fourth-order valence-corrected chi connectivity index (χ4v) is 2.81. The van der Waals surface area contributed by atoms with Gasteiger partial charge in [-0.15, -0.1) is 0 Å². The van der Waals surface area contributed by atoms with Crippen molar-refractivity contribution < 1.29 is 31.1 Å². The van der Waals surface area contributed by atoms with Crippen molar-refractivity contribution in [3.05, 3.63) is 46.7 Å². The average Bonchev–Trinajstić information content (AvgIpc) is 3.20. The number of carbonyl (C=O) groups is 1. The summed E-state index contributed by atoms with van der Waals surface area (Å²) < 4.78 is 79.2. The third kappa shape index (κ3) is 4.54. The van der Waals surface area contributed by atoms with Crippen LogP contribution >= 0.6 is 0 Å². The van der Waals surface area contributed by atoms with Gasteiger partial charge in [0.2, 0.25) is 0 Å². The van der Waals surface area contributed by atoms with Gasteiger partial charge in [-0.05, 0) is 32.4 Å². The Hall–Kier alpha value is -3.12. The molecule has 3 aromatic rings. The zero-order valence-corrected chi connectivity index (χ0v) is 15.8. The highest BCUT2D eigenvalue weighted by Gasteiger charge is 2.35. The number of halogens is 6. The Kier molecular flexibility index (Phi) is 5.48. The Morgan fingerprint density at radius 2 is 1.73 bits per heavy atom. The van der Waals surface area contributed by atoms with E-state index in [1.807, 2.05) is 0 Å². The Balaban J connectivity index is 1.65. The Bertz CT molecular complexity index is 1080. The van der Waals surface area contributed by atoms with Crippen LogP contribution in [0.5, 0.6) is 0 Å². The maximum atomic E-state index is 13.2. The summed E-state index contributed by atoms with van der Waals surface area (Å²) in [5, 5.41) is 9.63. The minimum absolute atomic E-state index is 0.0614. The smallest absolute Gasteiger partial charge is 0.351 e. The summed E-state index contributed by atoms with van der Waals surface area (Å²) in [5.41, 5.74) is -2.01. The fraction of sp³-hybridized carbons (Fsp3) is 0.412. The topological polar surface area (TPSA) is 77.1 Å². The van der Waals surface area contributed by atoms with Gasteiger partial charge in [-0.1, -0.05) is 0 Å². The van der Waals surface area contributed by atoms with E-state index in [9.17, 15) is 31.1 Å². The molecule has 0 aliphatic heterocycles. The lowest BCUT2D eigenvalue weighted by Gasteiger charge is -2.09. The van der Waals surface area contributed by atoms with Crippen LogP contribution in [0.4, 0.5) is 26.3 Å². The van der Waals surface area contributed by atoms with E-state index in [1.165, 1.54) is 18.5 Å². The molecule has 0 unspecified atom stereocenters. The zero-order chi connectivity index (χ0) is 22.3. The van der Waals surface area contributed by atoms with Crippen molar-refractivity contribution in [3.8, 4) is 0 Å². The second-order valence-corrected chi connectivity index (χ2v) is 6.58. The third-order valence-corrected chi connectivity index (χ3v) is 4.18. The second-order valence-electron chi connectivity index (χ2n) is 6.58. The van der Waals surface area contributed by atoms with E-state index in [1.54, 1.807) is 0 Å². The Morgan fingerprint density at radius 1 is 1.03 bits per heavy atom. The lowest BCUT2D eigenvalue weighted by Crippen LogP contribution is -2.26. The van der Waals surface area contributed by atoms with Crippen molar-refractivity contribution in [1.29, 1.82) is 0 Å². The fourth-order valence-electron chi connectivity index (χ4n) is 2.81. The molecule has 30 heavy (non-hydrogen) atoms. The molecule has 0 aromatic carbocycles. The van der Waals surface area contributed by atoms with Gasteiger partial charge in [-0.2, -0.15) is 36.5 Å². The first-order chi connectivity index (χ1) is 13.9. The van der Waals surface area contributed by atoms with Crippen molar-refractivity contribution in [2.45, 2.75) is 39.2 Å². The first-order valence-corrected chi connectivity index (χ1v) is 8.71. The van der Waals surface area contributed by atoms with Gasteiger partial charge >= 0.3 is 12.4 Å². The van der Waals surface area contributed by atoms with Gasteiger partial charge in [0, 0.05) is 30.5 Å². The summed E-state index contributed by atoms with van der Waals surface area (Å²) in [6.07, 6.45) is -8.97. The molecule has 0 saturated heterocycles. The molecule has 0 bridgehead atoms. The van der Waals surface area contributed by atoms with Crippen LogP contribution in [0, 0.1) is 13.8 Å². The molecule has 0 radical (unpaired) electrons. The number of nitrogens with one attached hydrogen (secondary N) is 1. The molecule has 7 nitrogen and oxygen atoms in total. The van der Waals surface area contributed by atoms with Crippen LogP contribution in [0.2, 0.25) is 0 Å². The standard InChI is InChI=1S/C17H16F6N6O/c1-9-6-13(17(21,22)23)29-14(25-9)8-11(26-29)15(30)24-4-3-5-28-10(2)7-12(27-28)16(18,19)20/h6-8H,3-5H2,1-2H3,(H,24,30). The summed E-state index contributed by atoms with van der Waals surface area (Å²) in [7, 11) is 0. The number of amides is 1. The van der Waals surface area contributed by atoms with Crippen molar-refractivity contribution in [1.82, 2.24) is 29.7 Å². The predicted molar refractivity (Wildman–Crippen MR) is 91.6 cm³/mol. The molecule has 0 spiro atoms. The van der Waals surface area contributed by atoms with E-state index >= 15 is 0 Å². The van der Waals surface area contributed by atoms with Gasteiger partial charge in [-0.3, -0.25) is 9.48 Å². The van der Waals surface area contributed by atoms with Crippen molar-refractivity contribution in [2.24, 2.45) is 0 Å². The maximum Gasteiger partial charge on any atom is 0.435 e. The minimum Gasteiger partial charge on any atom is -0.351 e. The number of alkyl halides is 6. The Labute approximate surface area is 165 Å². The summed E-state index contributed by atoms with van der Waals surface area (Å²) >= 11 is 0. The van der Waals surface area contributed by atoms with Crippen molar-refractivity contribution in [2.75, 3.05) is 6.54 Å². The second kappa shape index (κ2) is 7.61. The molecule has 3 heterocycles. The summed E-state index contributed by atoms with van der Waals surface area (Å²) in [6.45, 7) is 3.05. The predicted octanol–water partition coefficient (Wildman–Crippen LogP) is 3.40. The number of aryl methyl sites for hydroxylation is 3. The SMILES string of the molecule is Cc1cc(C(F)(F)F)n2nc(C(=O)NCCCn3nc(C(F)(F)F)cc3C)cc2n1. The molecular formula is C17H16F6N6O. The molecule has 1 N–H and O–H groups in total. The minimum atomic E-state index is -4.68. The zero-order valence-electron chi connectivity index (χ0n) is 15.8. The first kappa shape index (κ1) is 21.6. The summed E-state index contributed by atoms with van der Waals surface area (Å²) in [6, 6.07) is 2.87. The number of nitrogens with zero attached hydrogens (tertiary/aromatic N) is 5. The molecule has 3 rings (SSSR count). The molecular weight excluding hydrogens is 418 g/mol. The molecule has 0 aliphatic rings. The van der Waals surface area contributed by atoms with Gasteiger partial charge in [0.05, 0.1) is 0 Å². The molecule has 13 heteroatoms. The highest BCUT2D eigenvalue weighted by molar-refractivity contribution is 5.93. The molecule has 0 aliphatic carbocycles. The van der Waals surface area contributed by atoms with Crippen molar-refractivity contribution in [3.63, 3.8) is 0 Å². The quantitative estimate of drug-likeness (QED) is 0.493. The van der Waals surface area contributed by atoms with E-state index in [4.69, 9.17) is 0 Å². The van der Waals surface area contributed by atoms with E-state index in [0.29, 0.717) is 10.2 Å². The third-order valence-electron chi connectivity index (χ3n) is 4.18. The normalized spacial score (nSPS) is 12.5. The first-order valence-electron chi connectivity index (χ1n) is 8.71. The molecule has 1 amide bonds. The van der Waals surface area contributed by atoms with Crippen LogP contribution in [-0.4, -0.2) is 36.8 Å². The number of carbonyl (C=O) groups excluding carboxylic acids is 1. The van der Waals surface area contributed by atoms with Crippen LogP contribution < -0.4 is 5.32 Å². The lowest BCUT2D eigenvalue weighted by atomic mass is 10.3. The van der Waals surface area contributed by atoms with Crippen LogP contribution in [0.25, 0.3) is 5.65 Å². The van der Waals surface area contributed by atoms with Gasteiger partial charge in [0.25, 0.3) is 5.91 Å². The van der Waals surface area contributed by atoms with Gasteiger partial charge in [0.1, 0.15) is 5.69 Å². The molecule has 0 saturated carbocycles. The summed E-state index contributed by atoms with van der Waals surface area (Å²) in [4.78, 5) is 16.1. The lowest BCUT2D eigenvalue weighted by molar-refractivity contribution is -0.143. The van der Waals surface area contributed by atoms with Gasteiger partial charge < -0.3 is 5.32 Å². The molecule has 162 valence electrons. The van der Waals surface area contributed by atoms with E-state index < -0.39 is 29.6 Å². The molecule has 0 atom stereocenters. The highest BCUT2D eigenvalue weighted by Crippen LogP contribution is 2.30. The number of hydrogen-bond acceptors (Lipinski definition) is 4. The van der Waals surface area contributed by atoms with Crippen LogP contribution in [0.15, 0.2) is 18.2 Å². The van der Waals surface area contributed by atoms with Gasteiger partial charge in [0.15, 0.2) is 17.0 Å². The van der Waals surface area contributed by atoms with E-state index in [0.717, 1.165) is 18.2 Å². The number of rotatable bonds is 5.